The molecule has 0 fully saturated rings. The lowest BCUT2D eigenvalue weighted by Crippen LogP contribution is -1.84. The summed E-state index contributed by atoms with van der Waals surface area (Å²) in [6.07, 6.45) is 0. The molecule has 1 aromatic carbocycles. The van der Waals surface area contributed by atoms with Gasteiger partial charge in [0.2, 0.25) is 0 Å². The maximum Gasteiger partial charge on any atom is 0.127 e. The molecule has 0 spiro atoms. The zero-order chi connectivity index (χ0) is 7.72. The summed E-state index contributed by atoms with van der Waals surface area (Å²) in [4.78, 5) is 0. The van der Waals surface area contributed by atoms with Gasteiger partial charge in [-0.25, -0.2) is 4.39 Å². The summed E-state index contributed by atoms with van der Waals surface area (Å²) in [7, 11) is 0. The highest BCUT2D eigenvalue weighted by Gasteiger charge is 2.00. The van der Waals surface area contributed by atoms with Crippen LogP contribution in [-0.4, -0.2) is 0 Å². The molecule has 2 heteroatoms. The van der Waals surface area contributed by atoms with Crippen LogP contribution in [0.25, 0.3) is 0 Å². The molecule has 0 atom stereocenters. The third kappa shape index (κ3) is 1.29. The molecule has 0 aliphatic carbocycles. The van der Waals surface area contributed by atoms with E-state index in [1.165, 1.54) is 6.07 Å². The minimum atomic E-state index is -0.240. The van der Waals surface area contributed by atoms with Crippen LogP contribution in [0, 0.1) is 19.7 Å². The van der Waals surface area contributed by atoms with Crippen molar-refractivity contribution in [3.8, 4) is 0 Å². The highest BCUT2D eigenvalue weighted by molar-refractivity contribution is 6.31. The lowest BCUT2D eigenvalue weighted by molar-refractivity contribution is 0.618. The first-order valence-corrected chi connectivity index (χ1v) is 3.41. The largest absolute Gasteiger partial charge is 0.207 e. The fourth-order valence-electron chi connectivity index (χ4n) is 0.802. The Bertz CT molecular complexity index is 205. The third-order valence-electron chi connectivity index (χ3n) is 1.44. The van der Waals surface area contributed by atoms with Gasteiger partial charge in [-0.2, -0.15) is 0 Å². The molecule has 0 amide bonds. The molecule has 0 nitrogen and oxygen atoms in total. The molecule has 0 aromatic heterocycles. The van der Waals surface area contributed by atoms with E-state index in [4.69, 9.17) is 11.6 Å². The highest BCUT2D eigenvalue weighted by atomic mass is 35.5. The van der Waals surface area contributed by atoms with Gasteiger partial charge in [-0.15, -0.1) is 0 Å². The van der Waals surface area contributed by atoms with Crippen LogP contribution in [0.2, 0.25) is 5.02 Å². The average Bonchev–Trinajstić information content (AvgIpc) is 1.84. The van der Waals surface area contributed by atoms with Crippen molar-refractivity contribution in [2.45, 2.75) is 13.8 Å². The van der Waals surface area contributed by atoms with Gasteiger partial charge in [0.1, 0.15) is 5.82 Å². The van der Waals surface area contributed by atoms with E-state index in [9.17, 15) is 4.39 Å². The van der Waals surface area contributed by atoms with Crippen LogP contribution in [0.1, 0.15) is 11.1 Å². The molecule has 0 unspecified atom stereocenters. The Morgan fingerprint density at radius 2 is 1.80 bits per heavy atom. The zero-order valence-electron chi connectivity index (χ0n) is 5.91. The van der Waals surface area contributed by atoms with Crippen LogP contribution in [0.3, 0.4) is 0 Å². The van der Waals surface area contributed by atoms with Gasteiger partial charge in [0.05, 0.1) is 0 Å². The smallest absolute Gasteiger partial charge is 0.127 e. The first kappa shape index (κ1) is 7.55. The molecule has 54 valence electrons. The molecule has 0 N–H and O–H groups in total. The molecule has 10 heavy (non-hydrogen) atoms. The quantitative estimate of drug-likeness (QED) is 0.544. The molecular formula is C8H8ClF. The first-order chi connectivity index (χ1) is 4.61. The topological polar surface area (TPSA) is 0 Å². The predicted molar refractivity (Wildman–Crippen MR) is 40.9 cm³/mol. The summed E-state index contributed by atoms with van der Waals surface area (Å²) in [5.41, 5.74) is 1.56. The van der Waals surface area contributed by atoms with Gasteiger partial charge >= 0.3 is 0 Å². The second-order valence-electron chi connectivity index (χ2n) is 2.35. The Morgan fingerprint density at radius 1 is 1.20 bits per heavy atom. The summed E-state index contributed by atoms with van der Waals surface area (Å²) < 4.78 is 12.7. The number of hydrogen-bond acceptors (Lipinski definition) is 0. The standard InChI is InChI=1S/C8H8ClF/c1-5-3-6(2)8(10)4-7(5)9/h3-4H,1-2H3. The summed E-state index contributed by atoms with van der Waals surface area (Å²) in [6, 6.07) is 3.07. The number of halogens is 2. The van der Waals surface area contributed by atoms with Crippen LogP contribution < -0.4 is 0 Å². The molecule has 1 aromatic rings. The summed E-state index contributed by atoms with van der Waals surface area (Å²) in [5, 5.41) is 0.489. The fourth-order valence-corrected chi connectivity index (χ4v) is 0.952. The summed E-state index contributed by atoms with van der Waals surface area (Å²) in [5.74, 6) is -0.240. The Kier molecular flexibility index (Phi) is 1.95. The zero-order valence-corrected chi connectivity index (χ0v) is 6.67. The van der Waals surface area contributed by atoms with Crippen molar-refractivity contribution in [2.24, 2.45) is 0 Å². The van der Waals surface area contributed by atoms with Crippen molar-refractivity contribution >= 4 is 11.6 Å². The van der Waals surface area contributed by atoms with E-state index in [1.54, 1.807) is 13.0 Å². The number of rotatable bonds is 0. The van der Waals surface area contributed by atoms with Crippen LogP contribution in [0.15, 0.2) is 12.1 Å². The second kappa shape index (κ2) is 2.59. The Morgan fingerprint density at radius 3 is 2.30 bits per heavy atom. The van der Waals surface area contributed by atoms with Crippen LogP contribution in [-0.2, 0) is 0 Å². The molecular weight excluding hydrogens is 151 g/mol. The van der Waals surface area contributed by atoms with E-state index in [1.807, 2.05) is 6.92 Å². The van der Waals surface area contributed by atoms with Crippen LogP contribution in [0.4, 0.5) is 4.39 Å². The summed E-state index contributed by atoms with van der Waals surface area (Å²) in [6.45, 7) is 3.58. The maximum absolute atomic E-state index is 12.7. The van der Waals surface area contributed by atoms with Gasteiger partial charge in [0, 0.05) is 5.02 Å². The SMILES string of the molecule is Cc1cc(C)c(Cl)cc1F. The lowest BCUT2D eigenvalue weighted by Gasteiger charge is -1.99. The molecule has 0 aliphatic rings. The van der Waals surface area contributed by atoms with E-state index in [0.29, 0.717) is 10.6 Å². The molecule has 0 heterocycles. The van der Waals surface area contributed by atoms with Gasteiger partial charge in [0.25, 0.3) is 0 Å². The van der Waals surface area contributed by atoms with Crippen molar-refractivity contribution in [3.63, 3.8) is 0 Å². The van der Waals surface area contributed by atoms with Crippen molar-refractivity contribution < 1.29 is 4.39 Å². The molecule has 0 radical (unpaired) electrons. The van der Waals surface area contributed by atoms with Crippen molar-refractivity contribution in [1.29, 1.82) is 0 Å². The van der Waals surface area contributed by atoms with E-state index in [2.05, 4.69) is 0 Å². The van der Waals surface area contributed by atoms with E-state index >= 15 is 0 Å². The van der Waals surface area contributed by atoms with Crippen molar-refractivity contribution in [3.05, 3.63) is 34.1 Å². The first-order valence-electron chi connectivity index (χ1n) is 3.03. The lowest BCUT2D eigenvalue weighted by atomic mass is 10.1. The number of hydrogen-bond donors (Lipinski definition) is 0. The monoisotopic (exact) mass is 158 g/mol. The predicted octanol–water partition coefficient (Wildman–Crippen LogP) is 3.10. The van der Waals surface area contributed by atoms with E-state index < -0.39 is 0 Å². The Balaban J connectivity index is 3.28. The average molecular weight is 159 g/mol. The molecule has 0 saturated heterocycles. The molecule has 0 aliphatic heterocycles. The Hall–Kier alpha value is -0.560. The van der Waals surface area contributed by atoms with E-state index in [0.717, 1.165) is 5.56 Å². The molecule has 1 rings (SSSR count). The normalized spacial score (nSPS) is 10.0. The van der Waals surface area contributed by atoms with Gasteiger partial charge in [-0.05, 0) is 31.0 Å². The number of benzene rings is 1. The number of aryl methyl sites for hydroxylation is 2. The van der Waals surface area contributed by atoms with Crippen molar-refractivity contribution in [2.75, 3.05) is 0 Å². The minimum Gasteiger partial charge on any atom is -0.207 e. The van der Waals surface area contributed by atoms with Gasteiger partial charge in [0.15, 0.2) is 0 Å². The van der Waals surface area contributed by atoms with E-state index in [-0.39, 0.29) is 5.82 Å². The van der Waals surface area contributed by atoms with Crippen molar-refractivity contribution in [1.82, 2.24) is 0 Å². The maximum atomic E-state index is 12.7. The van der Waals surface area contributed by atoms with Gasteiger partial charge in [-0.3, -0.25) is 0 Å². The summed E-state index contributed by atoms with van der Waals surface area (Å²) >= 11 is 5.65. The molecule has 0 bridgehead atoms. The minimum absolute atomic E-state index is 0.240. The van der Waals surface area contributed by atoms with Gasteiger partial charge < -0.3 is 0 Å². The van der Waals surface area contributed by atoms with Crippen LogP contribution >= 0.6 is 11.6 Å². The third-order valence-corrected chi connectivity index (χ3v) is 1.85. The Labute approximate surface area is 64.6 Å². The highest BCUT2D eigenvalue weighted by Crippen LogP contribution is 2.18. The molecule has 0 saturated carbocycles. The fraction of sp³-hybridized carbons (Fsp3) is 0.250. The van der Waals surface area contributed by atoms with Crippen LogP contribution in [0.5, 0.6) is 0 Å². The van der Waals surface area contributed by atoms with Gasteiger partial charge in [-0.1, -0.05) is 17.7 Å². The second-order valence-corrected chi connectivity index (χ2v) is 2.76.